The van der Waals surface area contributed by atoms with E-state index in [2.05, 4.69) is 5.32 Å². The van der Waals surface area contributed by atoms with Crippen molar-refractivity contribution in [1.82, 2.24) is 5.32 Å². The van der Waals surface area contributed by atoms with Crippen molar-refractivity contribution in [2.24, 2.45) is 0 Å². The van der Waals surface area contributed by atoms with E-state index >= 15 is 0 Å². The van der Waals surface area contributed by atoms with Crippen LogP contribution in [-0.4, -0.2) is 17.6 Å². The number of nitrogens with one attached hydrogen (secondary N) is 1. The smallest absolute Gasteiger partial charge is 0.251 e. The molecule has 0 radical (unpaired) electrons. The Balaban J connectivity index is 1.37. The van der Waals surface area contributed by atoms with Crippen LogP contribution < -0.4 is 10.1 Å². The summed E-state index contributed by atoms with van der Waals surface area (Å²) in [4.78, 5) is 12.4. The number of carbonyl (C=O) groups excluding carboxylic acids is 1. The molecule has 3 aromatic carbocycles. The van der Waals surface area contributed by atoms with Crippen LogP contribution in [-0.2, 0) is 0 Å². The van der Waals surface area contributed by atoms with Gasteiger partial charge < -0.3 is 15.2 Å². The third-order valence-corrected chi connectivity index (χ3v) is 5.40. The first-order chi connectivity index (χ1) is 13.7. The molecule has 4 nitrogen and oxygen atoms in total. The highest BCUT2D eigenvalue weighted by molar-refractivity contribution is 7.17. The van der Waals surface area contributed by atoms with Crippen LogP contribution in [0.25, 0.3) is 10.1 Å². The Kier molecular flexibility index (Phi) is 5.37. The van der Waals surface area contributed by atoms with Gasteiger partial charge in [0, 0.05) is 22.4 Å². The third-order valence-electron chi connectivity index (χ3n) is 4.42. The molecule has 1 unspecified atom stereocenters. The van der Waals surface area contributed by atoms with Crippen LogP contribution in [0, 0.1) is 0 Å². The van der Waals surface area contributed by atoms with Gasteiger partial charge >= 0.3 is 0 Å². The molecule has 0 fully saturated rings. The van der Waals surface area contributed by atoms with Crippen LogP contribution in [0.3, 0.4) is 0 Å². The fraction of sp³-hybridized carbons (Fsp3) is 0.0870. The van der Waals surface area contributed by atoms with Crippen molar-refractivity contribution in [3.8, 4) is 11.5 Å². The highest BCUT2D eigenvalue weighted by atomic mass is 32.1. The van der Waals surface area contributed by atoms with Gasteiger partial charge in [-0.3, -0.25) is 4.79 Å². The fourth-order valence-electron chi connectivity index (χ4n) is 2.96. The van der Waals surface area contributed by atoms with Crippen LogP contribution in [0.2, 0.25) is 0 Å². The molecule has 0 spiro atoms. The number of ether oxygens (including phenoxy) is 1. The Labute approximate surface area is 167 Å². The molecular weight excluding hydrogens is 370 g/mol. The Morgan fingerprint density at radius 3 is 2.39 bits per heavy atom. The average Bonchev–Trinajstić information content (AvgIpc) is 3.17. The number of hydrogen-bond donors (Lipinski definition) is 2. The van der Waals surface area contributed by atoms with Gasteiger partial charge in [0.05, 0.1) is 6.10 Å². The van der Waals surface area contributed by atoms with E-state index in [1.807, 2.05) is 60.0 Å². The molecule has 1 amide bonds. The molecule has 0 aliphatic heterocycles. The van der Waals surface area contributed by atoms with Crippen LogP contribution in [0.15, 0.2) is 84.2 Å². The largest absolute Gasteiger partial charge is 0.457 e. The number of thiophene rings is 1. The lowest BCUT2D eigenvalue weighted by atomic mass is 10.1. The van der Waals surface area contributed by atoms with Gasteiger partial charge in [0.1, 0.15) is 11.5 Å². The molecule has 0 aliphatic rings. The standard InChI is InChI=1S/C23H19NO3S/c25-21(20-15-28-22-9-5-4-8-19(20)22)14-24-23(26)16-10-12-18(13-11-16)27-17-6-2-1-3-7-17/h1-13,15,21,25H,14H2,(H,24,26). The number of para-hydroxylation sites is 1. The van der Waals surface area contributed by atoms with Gasteiger partial charge in [-0.15, -0.1) is 11.3 Å². The lowest BCUT2D eigenvalue weighted by Gasteiger charge is -2.12. The summed E-state index contributed by atoms with van der Waals surface area (Å²) in [6, 6.07) is 24.3. The number of aliphatic hydroxyl groups is 1. The molecule has 4 aromatic rings. The molecule has 0 aliphatic carbocycles. The first kappa shape index (κ1) is 18.2. The molecule has 5 heteroatoms. The number of hydrogen-bond acceptors (Lipinski definition) is 4. The fourth-order valence-corrected chi connectivity index (χ4v) is 3.96. The van der Waals surface area contributed by atoms with Gasteiger partial charge in [0.25, 0.3) is 5.91 Å². The molecule has 28 heavy (non-hydrogen) atoms. The van der Waals surface area contributed by atoms with Crippen LogP contribution in [0.5, 0.6) is 11.5 Å². The zero-order valence-electron chi connectivity index (χ0n) is 15.0. The van der Waals surface area contributed by atoms with Crippen LogP contribution in [0.4, 0.5) is 0 Å². The number of rotatable bonds is 6. The highest BCUT2D eigenvalue weighted by Crippen LogP contribution is 2.30. The summed E-state index contributed by atoms with van der Waals surface area (Å²) in [6.07, 6.45) is -0.749. The van der Waals surface area contributed by atoms with Crippen molar-refractivity contribution in [2.75, 3.05) is 6.54 Å². The quantitative estimate of drug-likeness (QED) is 0.479. The number of benzene rings is 3. The lowest BCUT2D eigenvalue weighted by Crippen LogP contribution is -2.28. The normalized spacial score (nSPS) is 11.9. The van der Waals surface area contributed by atoms with Gasteiger partial charge in [0.2, 0.25) is 0 Å². The lowest BCUT2D eigenvalue weighted by molar-refractivity contribution is 0.0917. The maximum Gasteiger partial charge on any atom is 0.251 e. The number of aliphatic hydroxyl groups excluding tert-OH is 1. The summed E-state index contributed by atoms with van der Waals surface area (Å²) >= 11 is 1.59. The molecule has 140 valence electrons. The minimum Gasteiger partial charge on any atom is -0.457 e. The van der Waals surface area contributed by atoms with Gasteiger partial charge in [-0.2, -0.15) is 0 Å². The van der Waals surface area contributed by atoms with E-state index in [1.165, 1.54) is 0 Å². The average molecular weight is 389 g/mol. The van der Waals surface area contributed by atoms with Gasteiger partial charge in [0.15, 0.2) is 0 Å². The van der Waals surface area contributed by atoms with Crippen LogP contribution >= 0.6 is 11.3 Å². The zero-order valence-corrected chi connectivity index (χ0v) is 15.9. The van der Waals surface area contributed by atoms with E-state index in [9.17, 15) is 9.90 Å². The maximum absolute atomic E-state index is 12.4. The summed E-state index contributed by atoms with van der Waals surface area (Å²) in [6.45, 7) is 0.155. The van der Waals surface area contributed by atoms with Crippen molar-refractivity contribution in [2.45, 2.75) is 6.10 Å². The van der Waals surface area contributed by atoms with Gasteiger partial charge in [-0.1, -0.05) is 36.4 Å². The van der Waals surface area contributed by atoms with E-state index in [4.69, 9.17) is 4.74 Å². The molecule has 1 aromatic heterocycles. The summed E-state index contributed by atoms with van der Waals surface area (Å²) in [5.41, 5.74) is 1.36. The second-order valence-electron chi connectivity index (χ2n) is 6.35. The van der Waals surface area contributed by atoms with Crippen LogP contribution in [0.1, 0.15) is 22.0 Å². The topological polar surface area (TPSA) is 58.6 Å². The monoisotopic (exact) mass is 389 g/mol. The summed E-state index contributed by atoms with van der Waals surface area (Å²) in [5.74, 6) is 1.17. The summed E-state index contributed by atoms with van der Waals surface area (Å²) in [7, 11) is 0. The van der Waals surface area contributed by atoms with Crippen molar-refractivity contribution in [3.05, 3.63) is 95.4 Å². The van der Waals surface area contributed by atoms with Crippen molar-refractivity contribution < 1.29 is 14.6 Å². The van der Waals surface area contributed by atoms with Crippen molar-refractivity contribution in [3.63, 3.8) is 0 Å². The molecule has 1 heterocycles. The first-order valence-corrected chi connectivity index (χ1v) is 9.84. The second-order valence-corrected chi connectivity index (χ2v) is 7.26. The molecule has 0 saturated carbocycles. The SMILES string of the molecule is O=C(NCC(O)c1csc2ccccc12)c1ccc(Oc2ccccc2)cc1. The molecule has 0 saturated heterocycles. The molecular formula is C23H19NO3S. The first-order valence-electron chi connectivity index (χ1n) is 8.96. The minimum atomic E-state index is -0.749. The summed E-state index contributed by atoms with van der Waals surface area (Å²) < 4.78 is 6.85. The third kappa shape index (κ3) is 4.06. The van der Waals surface area contributed by atoms with Gasteiger partial charge in [-0.05, 0) is 53.2 Å². The van der Waals surface area contributed by atoms with E-state index in [1.54, 1.807) is 35.6 Å². The molecule has 1 atom stereocenters. The second kappa shape index (κ2) is 8.25. The van der Waals surface area contributed by atoms with E-state index in [0.29, 0.717) is 11.3 Å². The number of amides is 1. The van der Waals surface area contributed by atoms with E-state index in [0.717, 1.165) is 21.4 Å². The predicted molar refractivity (Wildman–Crippen MR) is 112 cm³/mol. The number of carbonyl (C=O) groups is 1. The van der Waals surface area contributed by atoms with E-state index < -0.39 is 6.10 Å². The van der Waals surface area contributed by atoms with Crippen molar-refractivity contribution in [1.29, 1.82) is 0 Å². The molecule has 4 rings (SSSR count). The highest BCUT2D eigenvalue weighted by Gasteiger charge is 2.15. The summed E-state index contributed by atoms with van der Waals surface area (Å²) in [5, 5.41) is 16.2. The van der Waals surface area contributed by atoms with Gasteiger partial charge in [-0.25, -0.2) is 0 Å². The molecule has 0 bridgehead atoms. The predicted octanol–water partition coefficient (Wildman–Crippen LogP) is 5.16. The Morgan fingerprint density at radius 1 is 0.929 bits per heavy atom. The molecule has 2 N–H and O–H groups in total. The van der Waals surface area contributed by atoms with Crippen molar-refractivity contribution >= 4 is 27.3 Å². The Morgan fingerprint density at radius 2 is 1.61 bits per heavy atom. The van der Waals surface area contributed by atoms with E-state index in [-0.39, 0.29) is 12.5 Å². The Hall–Kier alpha value is -3.15. The minimum absolute atomic E-state index is 0.155. The zero-order chi connectivity index (χ0) is 19.3. The number of fused-ring (bicyclic) bond motifs is 1. The maximum atomic E-state index is 12.4. The Bertz CT molecular complexity index is 1070.